The van der Waals surface area contributed by atoms with Crippen LogP contribution < -0.4 is 4.90 Å². The van der Waals surface area contributed by atoms with E-state index in [-0.39, 0.29) is 5.41 Å². The molecule has 0 bridgehead atoms. The Hall–Kier alpha value is -9.05. The molecule has 10 aromatic carbocycles. The molecule has 0 amide bonds. The molecule has 3 aliphatic carbocycles. The lowest BCUT2D eigenvalue weighted by atomic mass is 9.70. The molecule has 72 heavy (non-hydrogen) atoms. The summed E-state index contributed by atoms with van der Waals surface area (Å²) in [6.45, 7) is 4.76. The van der Waals surface area contributed by atoms with Crippen molar-refractivity contribution in [2.24, 2.45) is 0 Å². The molecule has 2 heterocycles. The molecule has 0 radical (unpaired) electrons. The van der Waals surface area contributed by atoms with Gasteiger partial charge in [0.2, 0.25) is 0 Å². The first-order valence-corrected chi connectivity index (χ1v) is 25.1. The largest absolute Gasteiger partial charge is 0.310 e. The van der Waals surface area contributed by atoms with Gasteiger partial charge in [0.25, 0.3) is 0 Å². The van der Waals surface area contributed by atoms with Crippen LogP contribution in [0, 0.1) is 0 Å². The third-order valence-corrected chi connectivity index (χ3v) is 16.2. The molecule has 2 aromatic heterocycles. The molecule has 0 atom stereocenters. The summed E-state index contributed by atoms with van der Waals surface area (Å²) < 4.78 is 2.21. The summed E-state index contributed by atoms with van der Waals surface area (Å²) in [7, 11) is 0. The molecule has 0 aliphatic heterocycles. The third kappa shape index (κ3) is 5.53. The number of anilines is 3. The predicted octanol–water partition coefficient (Wildman–Crippen LogP) is 17.6. The van der Waals surface area contributed by atoms with E-state index in [2.05, 4.69) is 272 Å². The van der Waals surface area contributed by atoms with Crippen molar-refractivity contribution in [3.8, 4) is 67.0 Å². The minimum atomic E-state index is -0.493. The van der Waals surface area contributed by atoms with Crippen LogP contribution in [-0.2, 0) is 10.8 Å². The van der Waals surface area contributed by atoms with Crippen molar-refractivity contribution in [1.82, 2.24) is 9.61 Å². The highest BCUT2D eigenvalue weighted by Gasteiger charge is 2.52. The molecule has 338 valence electrons. The summed E-state index contributed by atoms with van der Waals surface area (Å²) in [6, 6.07) is 92.2. The Balaban J connectivity index is 1.05. The average Bonchev–Trinajstić information content (AvgIpc) is 4.15. The molecule has 3 aliphatic rings. The van der Waals surface area contributed by atoms with Gasteiger partial charge in [0.05, 0.1) is 22.3 Å². The molecule has 3 nitrogen and oxygen atoms in total. The van der Waals surface area contributed by atoms with Crippen molar-refractivity contribution in [3.63, 3.8) is 0 Å². The lowest BCUT2D eigenvalue weighted by Crippen LogP contribution is -2.26. The van der Waals surface area contributed by atoms with Gasteiger partial charge in [-0.2, -0.15) is 5.10 Å². The minimum absolute atomic E-state index is 0.187. The molecule has 0 N–H and O–H groups in total. The fourth-order valence-electron chi connectivity index (χ4n) is 13.1. The molecular formula is C69H47N3. The van der Waals surface area contributed by atoms with E-state index >= 15 is 0 Å². The molecule has 15 rings (SSSR count). The van der Waals surface area contributed by atoms with Crippen LogP contribution in [0.5, 0.6) is 0 Å². The van der Waals surface area contributed by atoms with Gasteiger partial charge in [-0.25, -0.2) is 4.52 Å². The summed E-state index contributed by atoms with van der Waals surface area (Å²) in [5.74, 6) is 0. The number of hydrogen-bond donors (Lipinski definition) is 0. The van der Waals surface area contributed by atoms with E-state index in [1.807, 2.05) is 0 Å². The molecule has 0 saturated heterocycles. The van der Waals surface area contributed by atoms with Gasteiger partial charge in [-0.15, -0.1) is 0 Å². The monoisotopic (exact) mass is 917 g/mol. The highest BCUT2D eigenvalue weighted by atomic mass is 15.2. The van der Waals surface area contributed by atoms with Crippen LogP contribution in [0.15, 0.2) is 249 Å². The van der Waals surface area contributed by atoms with Crippen molar-refractivity contribution < 1.29 is 0 Å². The normalized spacial score (nSPS) is 13.9. The number of hydrogen-bond acceptors (Lipinski definition) is 2. The first kappa shape index (κ1) is 40.8. The highest BCUT2D eigenvalue weighted by molar-refractivity contribution is 6.10. The molecule has 0 saturated carbocycles. The summed E-state index contributed by atoms with van der Waals surface area (Å²) in [6.07, 6.45) is 0. The van der Waals surface area contributed by atoms with E-state index in [0.29, 0.717) is 0 Å². The number of fused-ring (bicyclic) bond motifs is 16. The Kier molecular flexibility index (Phi) is 8.63. The molecule has 3 heteroatoms. The van der Waals surface area contributed by atoms with Crippen LogP contribution in [0.25, 0.3) is 83.3 Å². The van der Waals surface area contributed by atoms with Gasteiger partial charge < -0.3 is 4.90 Å². The van der Waals surface area contributed by atoms with Gasteiger partial charge in [-0.3, -0.25) is 0 Å². The lowest BCUT2D eigenvalue weighted by Gasteiger charge is -2.33. The molecule has 12 aromatic rings. The summed E-state index contributed by atoms with van der Waals surface area (Å²) in [5, 5.41) is 7.88. The summed E-state index contributed by atoms with van der Waals surface area (Å²) in [4.78, 5) is 2.55. The average molecular weight is 918 g/mol. The molecule has 1 spiro atoms. The van der Waals surface area contributed by atoms with E-state index in [9.17, 15) is 0 Å². The van der Waals surface area contributed by atoms with Gasteiger partial charge in [0.1, 0.15) is 5.69 Å². The van der Waals surface area contributed by atoms with Crippen molar-refractivity contribution in [2.75, 3.05) is 4.90 Å². The van der Waals surface area contributed by atoms with Crippen LogP contribution in [0.3, 0.4) is 0 Å². The maximum atomic E-state index is 5.60. The Morgan fingerprint density at radius 3 is 1.51 bits per heavy atom. The van der Waals surface area contributed by atoms with E-state index < -0.39 is 5.41 Å². The predicted molar refractivity (Wildman–Crippen MR) is 298 cm³/mol. The van der Waals surface area contributed by atoms with Crippen LogP contribution in [0.4, 0.5) is 17.1 Å². The zero-order valence-corrected chi connectivity index (χ0v) is 40.0. The van der Waals surface area contributed by atoms with Crippen molar-refractivity contribution >= 4 is 33.4 Å². The number of benzene rings is 10. The Morgan fingerprint density at radius 2 is 0.875 bits per heavy atom. The first-order chi connectivity index (χ1) is 35.5. The zero-order chi connectivity index (χ0) is 47.7. The maximum absolute atomic E-state index is 5.60. The first-order valence-electron chi connectivity index (χ1n) is 25.1. The quantitative estimate of drug-likeness (QED) is 0.166. The fourth-order valence-corrected chi connectivity index (χ4v) is 13.1. The summed E-state index contributed by atoms with van der Waals surface area (Å²) in [5.41, 5.74) is 25.9. The second-order valence-electron chi connectivity index (χ2n) is 20.2. The highest BCUT2D eigenvalue weighted by Crippen LogP contribution is 2.64. The Labute approximate surface area is 419 Å². The number of aromatic nitrogens is 2. The van der Waals surface area contributed by atoms with Gasteiger partial charge >= 0.3 is 0 Å². The molecule has 0 unspecified atom stereocenters. The smallest absolute Gasteiger partial charge is 0.101 e. The van der Waals surface area contributed by atoms with Gasteiger partial charge in [-0.05, 0) is 109 Å². The zero-order valence-electron chi connectivity index (χ0n) is 40.0. The van der Waals surface area contributed by atoms with Crippen molar-refractivity contribution in [2.45, 2.75) is 24.7 Å². The minimum Gasteiger partial charge on any atom is -0.310 e. The topological polar surface area (TPSA) is 20.5 Å². The van der Waals surface area contributed by atoms with E-state index in [4.69, 9.17) is 5.10 Å². The second kappa shape index (κ2) is 15.2. The van der Waals surface area contributed by atoms with Crippen LogP contribution in [0.2, 0.25) is 0 Å². The number of pyridine rings is 1. The SMILES string of the molecule is CC1(C)c2ccccc2-c2c(N(c3ccc4c(c3)C3(c5ccccc5-c5ccccc53)c3ccccc3-4)c3ccc4cc(-c5ccccc5)n5nc(-c6ccccc6)c(-c6ccccc6)c5c4c3)cccc21. The second-order valence-corrected chi connectivity index (χ2v) is 20.2. The Bertz CT molecular complexity index is 4120. The van der Waals surface area contributed by atoms with E-state index in [1.54, 1.807) is 0 Å². The Morgan fingerprint density at radius 1 is 0.375 bits per heavy atom. The standard InChI is InChI=1S/C69H47N3/c1-68(2)56-31-16-15-30-54(56)65-60(68)35-20-36-62(65)71(49-39-40-53-52-29-14-19-34-59(52)69(61(53)43-49)57-32-17-12-27-50(57)51-28-13-18-33-58(51)69)48-38-37-47-41-63(44-21-6-3-7-22-44)72-67(55(47)42-48)64(45-23-8-4-9-24-45)66(70-72)46-25-10-5-11-26-46/h3-43H,1-2H3. The fraction of sp³-hybridized carbons (Fsp3) is 0.0580. The number of rotatable bonds is 6. The van der Waals surface area contributed by atoms with E-state index in [0.717, 1.165) is 67.0 Å². The van der Waals surface area contributed by atoms with Gasteiger partial charge in [-0.1, -0.05) is 226 Å². The van der Waals surface area contributed by atoms with Crippen LogP contribution in [0.1, 0.15) is 47.2 Å². The van der Waals surface area contributed by atoms with Crippen LogP contribution >= 0.6 is 0 Å². The maximum Gasteiger partial charge on any atom is 0.101 e. The van der Waals surface area contributed by atoms with Gasteiger partial charge in [0, 0.05) is 44.4 Å². The molecule has 0 fully saturated rings. The molecular weight excluding hydrogens is 871 g/mol. The summed E-state index contributed by atoms with van der Waals surface area (Å²) >= 11 is 0. The van der Waals surface area contributed by atoms with E-state index in [1.165, 1.54) is 66.8 Å². The lowest BCUT2D eigenvalue weighted by molar-refractivity contribution is 0.660. The van der Waals surface area contributed by atoms with Crippen LogP contribution in [-0.4, -0.2) is 9.61 Å². The third-order valence-electron chi connectivity index (χ3n) is 16.2. The number of nitrogens with zero attached hydrogens (tertiary/aromatic N) is 3. The van der Waals surface area contributed by atoms with Crippen molar-refractivity contribution in [1.29, 1.82) is 0 Å². The van der Waals surface area contributed by atoms with Gasteiger partial charge in [0.15, 0.2) is 0 Å². The van der Waals surface area contributed by atoms with Crippen molar-refractivity contribution in [3.05, 3.63) is 282 Å².